The average molecular weight is 475 g/mol. The molecule has 4 aliphatic rings. The summed E-state index contributed by atoms with van der Waals surface area (Å²) in [4.78, 5) is 10.1. The maximum absolute atomic E-state index is 8.49. The van der Waals surface area contributed by atoms with Crippen molar-refractivity contribution in [2.75, 3.05) is 24.5 Å². The highest BCUT2D eigenvalue weighted by molar-refractivity contribution is 5.97. The number of nitrogens with one attached hydrogen (secondary N) is 1. The summed E-state index contributed by atoms with van der Waals surface area (Å²) in [6.07, 6.45) is 4.20. The van der Waals surface area contributed by atoms with Gasteiger partial charge in [0.25, 0.3) is 0 Å². The van der Waals surface area contributed by atoms with Gasteiger partial charge in [-0.05, 0) is 50.2 Å². The summed E-state index contributed by atoms with van der Waals surface area (Å²) in [5.41, 5.74) is 6.12. The Morgan fingerprint density at radius 3 is 2.61 bits per heavy atom. The number of hydrogen-bond donors (Lipinski definition) is 1. The van der Waals surface area contributed by atoms with Crippen LogP contribution in [0, 0.1) is 10.2 Å². The quantitative estimate of drug-likeness (QED) is 0.249. The van der Waals surface area contributed by atoms with E-state index in [0.29, 0.717) is 22.2 Å². The Hall–Kier alpha value is -2.75. The number of halogens is 1. The molecule has 3 heterocycles. The molecule has 0 saturated carbocycles. The van der Waals surface area contributed by atoms with E-state index in [2.05, 4.69) is 16.0 Å². The van der Waals surface area contributed by atoms with Crippen molar-refractivity contribution in [3.8, 4) is 11.5 Å². The first-order chi connectivity index (χ1) is 17.7. The van der Waals surface area contributed by atoms with Gasteiger partial charge in [-0.15, -0.1) is 10.2 Å². The maximum atomic E-state index is 8.49. The number of aryl methyl sites for hydroxylation is 2. The number of rotatable bonds is 1. The molecule has 2 aromatic carbocycles. The Kier molecular flexibility index (Phi) is 4.35. The normalized spacial score (nSPS) is 19.2. The summed E-state index contributed by atoms with van der Waals surface area (Å²) >= 11 is 0. The highest BCUT2D eigenvalue weighted by Gasteiger charge is 2.28. The van der Waals surface area contributed by atoms with Crippen LogP contribution in [0.2, 0.25) is 0 Å². The van der Waals surface area contributed by atoms with Crippen LogP contribution in [0.1, 0.15) is 37.7 Å². The molecule has 0 amide bonds. The van der Waals surface area contributed by atoms with Crippen LogP contribution in [0.4, 0.5) is 5.69 Å². The fourth-order valence-corrected chi connectivity index (χ4v) is 4.94. The molecule has 1 N–H and O–H groups in total. The topological polar surface area (TPSA) is 135 Å². The van der Waals surface area contributed by atoms with Gasteiger partial charge in [-0.25, -0.2) is 28.6 Å². The van der Waals surface area contributed by atoms with Crippen molar-refractivity contribution in [3.05, 3.63) is 52.9 Å². The van der Waals surface area contributed by atoms with Gasteiger partial charge in [-0.2, -0.15) is 0 Å². The van der Waals surface area contributed by atoms with Gasteiger partial charge in [0.2, 0.25) is 5.36 Å². The molecular formula is C24H24ClN3O5. The smallest absolute Gasteiger partial charge is 0.210 e. The molecule has 8 nitrogen and oxygen atoms in total. The number of fused-ring (bicyclic) bond motifs is 5. The predicted octanol–water partition coefficient (Wildman–Crippen LogP) is -1.97. The summed E-state index contributed by atoms with van der Waals surface area (Å²) in [5, 5.41) is 1.86. The molecule has 3 aliphatic heterocycles. The van der Waals surface area contributed by atoms with Gasteiger partial charge in [-0.3, -0.25) is 0 Å². The monoisotopic (exact) mass is 474 g/mol. The van der Waals surface area contributed by atoms with E-state index >= 15 is 0 Å². The summed E-state index contributed by atoms with van der Waals surface area (Å²) in [7, 11) is -4.94. The summed E-state index contributed by atoms with van der Waals surface area (Å²) < 4.78 is 79.3. The van der Waals surface area contributed by atoms with Gasteiger partial charge in [0, 0.05) is 33.8 Å². The number of hydrogen-bond acceptors (Lipinski definition) is 7. The minimum absolute atomic E-state index is 0.373. The van der Waals surface area contributed by atoms with Gasteiger partial charge < -0.3 is 9.32 Å². The van der Waals surface area contributed by atoms with Crippen LogP contribution < -0.4 is 33.9 Å². The van der Waals surface area contributed by atoms with Crippen LogP contribution in [0.5, 0.6) is 0 Å². The van der Waals surface area contributed by atoms with Gasteiger partial charge in [-0.1, -0.05) is 18.2 Å². The first kappa shape index (κ1) is 16.8. The third-order valence-corrected chi connectivity index (χ3v) is 6.08. The van der Waals surface area contributed by atoms with Gasteiger partial charge >= 0.3 is 0 Å². The second kappa shape index (κ2) is 8.55. The molecule has 0 saturated heterocycles. The van der Waals surface area contributed by atoms with Crippen molar-refractivity contribution in [3.63, 3.8) is 0 Å². The number of aromatic nitrogens is 1. The molecule has 33 heavy (non-hydrogen) atoms. The first-order valence-electron chi connectivity index (χ1n) is 13.0. The van der Waals surface area contributed by atoms with Gasteiger partial charge in [0.1, 0.15) is 20.4 Å². The van der Waals surface area contributed by atoms with E-state index in [-0.39, 0.29) is 0 Å². The van der Waals surface area contributed by atoms with Crippen molar-refractivity contribution in [2.24, 2.45) is 0 Å². The summed E-state index contributed by atoms with van der Waals surface area (Å²) in [5.74, 6) is 0.508. The zero-order valence-electron chi connectivity index (χ0n) is 22.5. The molecular weight excluding hydrogens is 446 g/mol. The molecule has 0 radical (unpaired) electrons. The molecule has 0 atom stereocenters. The Balaban J connectivity index is 0.000000540. The zero-order valence-corrected chi connectivity index (χ0v) is 18.3. The van der Waals surface area contributed by atoms with E-state index in [1.165, 1.54) is 16.8 Å². The lowest BCUT2D eigenvalue weighted by Crippen LogP contribution is -2.76. The number of benzene rings is 3. The molecule has 2 aromatic rings. The van der Waals surface area contributed by atoms with Crippen molar-refractivity contribution in [2.45, 2.75) is 32.5 Å². The molecule has 172 valence electrons. The Bertz CT molecular complexity index is 1560. The van der Waals surface area contributed by atoms with Crippen molar-refractivity contribution in [1.29, 1.82) is 0 Å². The highest BCUT2D eigenvalue weighted by atomic mass is 35.7. The fourth-order valence-electron chi connectivity index (χ4n) is 4.94. The first-order valence-corrected chi connectivity index (χ1v) is 11.8. The van der Waals surface area contributed by atoms with E-state index in [4.69, 9.17) is 34.9 Å². The highest BCUT2D eigenvalue weighted by Crippen LogP contribution is 2.41. The molecule has 0 fully saturated rings. The zero-order chi connectivity index (χ0) is 27.5. The van der Waals surface area contributed by atoms with E-state index in [1.54, 1.807) is 6.07 Å². The Morgan fingerprint density at radius 1 is 1.12 bits per heavy atom. The lowest BCUT2D eigenvalue weighted by atomic mass is 9.91. The summed E-state index contributed by atoms with van der Waals surface area (Å²) in [6, 6.07) is 11.3. The van der Waals surface area contributed by atoms with Crippen molar-refractivity contribution >= 4 is 27.6 Å². The largest absolute Gasteiger partial charge is 0.452 e. The fraction of sp³-hybridized carbons (Fsp3) is 0.333. The number of anilines is 1. The molecule has 9 heteroatoms. The minimum atomic E-state index is -4.94. The van der Waals surface area contributed by atoms with Crippen LogP contribution in [0.3, 0.4) is 0 Å². The number of nitrogens with zero attached hydrogens (tertiary/aromatic N) is 2. The molecule has 0 unspecified atom stereocenters. The van der Waals surface area contributed by atoms with E-state index in [1.807, 2.05) is 24.3 Å². The minimum Gasteiger partial charge on any atom is -0.452 e. The third kappa shape index (κ3) is 4.28. The summed E-state index contributed by atoms with van der Waals surface area (Å²) in [6.45, 7) is -3.29. The van der Waals surface area contributed by atoms with Crippen LogP contribution in [-0.4, -0.2) is 24.6 Å². The molecule has 0 aromatic heterocycles. The SMILES string of the molecule is [2H]C([2H])([2H])C([2H])([2H])[NH+]=c1cc2oc3c4c5c(cc3nc-2c2ccccc12)CCCN5CCC4.[O-][Cl+3]([O-])([O-])[O-]. The van der Waals surface area contributed by atoms with Crippen LogP contribution in [-0.2, 0) is 12.8 Å². The molecule has 0 spiro atoms. The molecule has 6 rings (SSSR count). The van der Waals surface area contributed by atoms with E-state index in [0.717, 1.165) is 55.3 Å². The molecule has 0 bridgehead atoms. The van der Waals surface area contributed by atoms with Gasteiger partial charge in [0.05, 0.1) is 11.5 Å². The van der Waals surface area contributed by atoms with Crippen LogP contribution in [0.15, 0.2) is 40.8 Å². The lowest BCUT2D eigenvalue weighted by molar-refractivity contribution is -2.00. The van der Waals surface area contributed by atoms with Gasteiger partial charge in [0.15, 0.2) is 11.3 Å². The Labute approximate surface area is 199 Å². The Morgan fingerprint density at radius 2 is 1.85 bits per heavy atom. The van der Waals surface area contributed by atoms with E-state index in [9.17, 15) is 0 Å². The standard InChI is InChI=1S/C24H23N3O.ClHO4/c1-2-25-19-14-21-22(17-9-4-3-8-16(17)19)26-20-13-15-7-5-11-27-12-6-10-18(23(15)27)24(20)28-21;2-1(3,4)5/h3-4,8-9,13-14H,2,5-7,10-12H2,1H3;(H,2,3,4,5)/i1D3,2D2;. The van der Waals surface area contributed by atoms with Crippen LogP contribution >= 0.6 is 0 Å². The second-order valence-corrected chi connectivity index (χ2v) is 8.82. The van der Waals surface area contributed by atoms with Crippen molar-refractivity contribution in [1.82, 2.24) is 4.98 Å². The predicted molar refractivity (Wildman–Crippen MR) is 112 cm³/mol. The average Bonchev–Trinajstić information content (AvgIpc) is 2.82. The van der Waals surface area contributed by atoms with E-state index < -0.39 is 23.6 Å². The maximum Gasteiger partial charge on any atom is 0.210 e. The third-order valence-electron chi connectivity index (χ3n) is 6.08. The molecule has 1 aliphatic carbocycles. The van der Waals surface area contributed by atoms with Crippen LogP contribution in [0.25, 0.3) is 33.3 Å². The van der Waals surface area contributed by atoms with Crippen molar-refractivity contribution < 1.29 is 45.1 Å². The lowest BCUT2D eigenvalue weighted by Gasteiger charge is -2.37. The second-order valence-electron chi connectivity index (χ2n) is 8.06.